The molecule has 2 N–H and O–H groups in total. The summed E-state index contributed by atoms with van der Waals surface area (Å²) >= 11 is 0. The molecule has 4 bridgehead atoms. The molecule has 0 spiro atoms. The second-order valence-electron chi connectivity index (χ2n) is 9.72. The van der Waals surface area contributed by atoms with E-state index in [1.54, 1.807) is 19.2 Å². The molecule has 2 atom stereocenters. The second-order valence-corrected chi connectivity index (χ2v) is 9.72. The Morgan fingerprint density at radius 1 is 1.00 bits per heavy atom. The molecule has 30 heavy (non-hydrogen) atoms. The van der Waals surface area contributed by atoms with Crippen molar-refractivity contribution in [2.75, 3.05) is 7.11 Å². The Bertz CT molecular complexity index is 899. The maximum Gasteiger partial charge on any atom is 0.161 e. The normalized spacial score (nSPS) is 31.7. The zero-order valence-electron chi connectivity index (χ0n) is 17.5. The van der Waals surface area contributed by atoms with Gasteiger partial charge in [0.05, 0.1) is 12.7 Å². The second kappa shape index (κ2) is 7.54. The van der Waals surface area contributed by atoms with Crippen LogP contribution in [0.2, 0.25) is 0 Å². The van der Waals surface area contributed by atoms with Crippen molar-refractivity contribution in [3.05, 3.63) is 59.4 Å². The van der Waals surface area contributed by atoms with E-state index in [1.165, 1.54) is 31.4 Å². The maximum atomic E-state index is 13.1. The number of hydrogen-bond donors (Lipinski definition) is 2. The molecule has 4 nitrogen and oxygen atoms in total. The van der Waals surface area contributed by atoms with Crippen molar-refractivity contribution in [2.45, 2.75) is 62.8 Å². The van der Waals surface area contributed by atoms with Gasteiger partial charge in [-0.2, -0.15) is 0 Å². The molecule has 5 heteroatoms. The van der Waals surface area contributed by atoms with Crippen LogP contribution in [0.15, 0.2) is 42.5 Å². The lowest BCUT2D eigenvalue weighted by molar-refractivity contribution is -0.142. The van der Waals surface area contributed by atoms with Gasteiger partial charge in [0.15, 0.2) is 11.5 Å². The fourth-order valence-corrected chi connectivity index (χ4v) is 6.39. The number of ether oxygens (including phenoxy) is 2. The Labute approximate surface area is 177 Å². The highest BCUT2D eigenvalue weighted by molar-refractivity contribution is 5.43. The lowest BCUT2D eigenvalue weighted by Crippen LogP contribution is -2.64. The standard InChI is InChI=1S/C25H30FNO3/c1-29-23-9-18(4-7-22(23)30-15-17-2-5-21(26)6-3-17)14-27-24-10-19-8-20(11-24)13-25(28,12-19)16-24/h2-7,9,19-20,27-28H,8,10-16H2,1H3. The monoisotopic (exact) mass is 411 g/mol. The molecular weight excluding hydrogens is 381 g/mol. The number of rotatable bonds is 7. The summed E-state index contributed by atoms with van der Waals surface area (Å²) in [6, 6.07) is 12.3. The molecule has 0 heterocycles. The van der Waals surface area contributed by atoms with E-state index in [9.17, 15) is 9.50 Å². The fourth-order valence-electron chi connectivity index (χ4n) is 6.39. The van der Waals surface area contributed by atoms with Crippen LogP contribution in [-0.2, 0) is 13.2 Å². The van der Waals surface area contributed by atoms with E-state index in [0.29, 0.717) is 29.9 Å². The van der Waals surface area contributed by atoms with E-state index in [2.05, 4.69) is 11.4 Å². The molecule has 160 valence electrons. The molecule has 4 saturated carbocycles. The SMILES string of the molecule is COc1cc(CNC23CC4CC(CC(O)(C4)C2)C3)ccc1OCc1ccc(F)cc1. The van der Waals surface area contributed by atoms with Crippen molar-refractivity contribution in [1.29, 1.82) is 0 Å². The number of halogens is 1. The summed E-state index contributed by atoms with van der Waals surface area (Å²) in [6.45, 7) is 1.11. The molecule has 2 aromatic carbocycles. The third kappa shape index (κ3) is 3.93. The number of hydrogen-bond acceptors (Lipinski definition) is 4. The molecule has 6 rings (SSSR count). The molecule has 2 aromatic rings. The van der Waals surface area contributed by atoms with Gasteiger partial charge in [0.25, 0.3) is 0 Å². The zero-order chi connectivity index (χ0) is 20.8. The Hall–Kier alpha value is -2.11. The number of aliphatic hydroxyl groups is 1. The van der Waals surface area contributed by atoms with Gasteiger partial charge in [-0.1, -0.05) is 18.2 Å². The minimum absolute atomic E-state index is 0.0732. The Balaban J connectivity index is 1.24. The van der Waals surface area contributed by atoms with Gasteiger partial charge in [-0.05, 0) is 85.8 Å². The first-order valence-electron chi connectivity index (χ1n) is 11.0. The first-order chi connectivity index (χ1) is 14.4. The molecule has 0 saturated heterocycles. The van der Waals surface area contributed by atoms with Gasteiger partial charge in [0.2, 0.25) is 0 Å². The van der Waals surface area contributed by atoms with Gasteiger partial charge in [-0.25, -0.2) is 4.39 Å². The third-order valence-electron chi connectivity index (χ3n) is 7.23. The zero-order valence-corrected chi connectivity index (χ0v) is 17.5. The minimum atomic E-state index is -0.452. The highest BCUT2D eigenvalue weighted by Crippen LogP contribution is 2.57. The quantitative estimate of drug-likeness (QED) is 0.700. The Morgan fingerprint density at radius 3 is 2.37 bits per heavy atom. The van der Waals surface area contributed by atoms with Gasteiger partial charge >= 0.3 is 0 Å². The molecule has 0 amide bonds. The van der Waals surface area contributed by atoms with Gasteiger partial charge < -0.3 is 19.9 Å². The summed E-state index contributed by atoms with van der Waals surface area (Å²) in [5.74, 6) is 2.45. The van der Waals surface area contributed by atoms with Crippen LogP contribution in [0.5, 0.6) is 11.5 Å². The van der Waals surface area contributed by atoms with E-state index >= 15 is 0 Å². The van der Waals surface area contributed by atoms with E-state index < -0.39 is 5.60 Å². The summed E-state index contributed by atoms with van der Waals surface area (Å²) in [4.78, 5) is 0. The molecular formula is C25H30FNO3. The molecule has 0 aromatic heterocycles. The van der Waals surface area contributed by atoms with Gasteiger partial charge in [0, 0.05) is 12.1 Å². The van der Waals surface area contributed by atoms with Crippen LogP contribution in [0.25, 0.3) is 0 Å². The van der Waals surface area contributed by atoms with Crippen molar-refractivity contribution in [1.82, 2.24) is 5.32 Å². The predicted molar refractivity (Wildman–Crippen MR) is 113 cm³/mol. The highest BCUT2D eigenvalue weighted by Gasteiger charge is 2.56. The van der Waals surface area contributed by atoms with Crippen molar-refractivity contribution in [3.8, 4) is 11.5 Å². The number of nitrogens with one attached hydrogen (secondary N) is 1. The molecule has 2 unspecified atom stereocenters. The van der Waals surface area contributed by atoms with Crippen LogP contribution in [0.4, 0.5) is 4.39 Å². The summed E-state index contributed by atoms with van der Waals surface area (Å²) in [6.07, 6.45) is 6.51. The van der Waals surface area contributed by atoms with E-state index in [1.807, 2.05) is 12.1 Å². The maximum absolute atomic E-state index is 13.1. The van der Waals surface area contributed by atoms with Crippen LogP contribution in [0, 0.1) is 17.7 Å². The minimum Gasteiger partial charge on any atom is -0.493 e. The van der Waals surface area contributed by atoms with Crippen LogP contribution in [0.3, 0.4) is 0 Å². The average Bonchev–Trinajstić information content (AvgIpc) is 2.70. The molecule has 0 aliphatic heterocycles. The van der Waals surface area contributed by atoms with E-state index in [0.717, 1.165) is 36.9 Å². The summed E-state index contributed by atoms with van der Waals surface area (Å²) < 4.78 is 24.5. The average molecular weight is 412 g/mol. The topological polar surface area (TPSA) is 50.7 Å². The largest absolute Gasteiger partial charge is 0.493 e. The van der Waals surface area contributed by atoms with Gasteiger partial charge in [-0.15, -0.1) is 0 Å². The summed E-state index contributed by atoms with van der Waals surface area (Å²) in [5.41, 5.74) is 1.67. The van der Waals surface area contributed by atoms with Gasteiger partial charge in [0.1, 0.15) is 12.4 Å². The number of methoxy groups -OCH3 is 1. The van der Waals surface area contributed by atoms with Crippen LogP contribution in [-0.4, -0.2) is 23.4 Å². The van der Waals surface area contributed by atoms with Crippen molar-refractivity contribution < 1.29 is 19.0 Å². The first kappa shape index (κ1) is 19.8. The highest BCUT2D eigenvalue weighted by atomic mass is 19.1. The van der Waals surface area contributed by atoms with Crippen LogP contribution >= 0.6 is 0 Å². The molecule has 4 aliphatic rings. The first-order valence-corrected chi connectivity index (χ1v) is 11.0. The number of benzene rings is 2. The lowest BCUT2D eigenvalue weighted by Gasteiger charge is -2.60. The molecule has 4 aliphatic carbocycles. The Kier molecular flexibility index (Phi) is 4.98. The van der Waals surface area contributed by atoms with Crippen LogP contribution < -0.4 is 14.8 Å². The molecule has 0 radical (unpaired) electrons. The van der Waals surface area contributed by atoms with Crippen molar-refractivity contribution >= 4 is 0 Å². The van der Waals surface area contributed by atoms with Gasteiger partial charge in [-0.3, -0.25) is 0 Å². The summed E-state index contributed by atoms with van der Waals surface area (Å²) in [7, 11) is 1.64. The lowest BCUT2D eigenvalue weighted by atomic mass is 9.51. The van der Waals surface area contributed by atoms with Crippen LogP contribution in [0.1, 0.15) is 49.7 Å². The van der Waals surface area contributed by atoms with Crippen molar-refractivity contribution in [2.24, 2.45) is 11.8 Å². The van der Waals surface area contributed by atoms with E-state index in [4.69, 9.17) is 9.47 Å². The Morgan fingerprint density at radius 2 is 1.70 bits per heavy atom. The van der Waals surface area contributed by atoms with Crippen molar-refractivity contribution in [3.63, 3.8) is 0 Å². The molecule has 4 fully saturated rings. The fraction of sp³-hybridized carbons (Fsp3) is 0.520. The summed E-state index contributed by atoms with van der Waals surface area (Å²) in [5, 5.41) is 14.8. The van der Waals surface area contributed by atoms with E-state index in [-0.39, 0.29) is 11.4 Å². The predicted octanol–water partition coefficient (Wildman–Crippen LogP) is 4.59. The smallest absolute Gasteiger partial charge is 0.161 e. The third-order valence-corrected chi connectivity index (χ3v) is 7.23.